The molecule has 70 valence electrons. The number of fused-ring (bicyclic) bond motifs is 1. The summed E-state index contributed by atoms with van der Waals surface area (Å²) in [5.41, 5.74) is 9.72. The largest absolute Gasteiger partial charge is 0.376 e. The molecule has 0 bridgehead atoms. The first-order valence-electron chi connectivity index (χ1n) is 4.72. The quantitative estimate of drug-likeness (QED) is 0.709. The third-order valence-electron chi connectivity index (χ3n) is 2.53. The summed E-state index contributed by atoms with van der Waals surface area (Å²) in [6.45, 7) is 3.60. The van der Waals surface area contributed by atoms with Gasteiger partial charge in [-0.2, -0.15) is 0 Å². The third-order valence-corrected chi connectivity index (χ3v) is 2.53. The van der Waals surface area contributed by atoms with E-state index in [1.54, 1.807) is 0 Å². The Labute approximate surface area is 78.7 Å². The van der Waals surface area contributed by atoms with Gasteiger partial charge in [0.2, 0.25) is 0 Å². The summed E-state index contributed by atoms with van der Waals surface area (Å²) in [5.74, 6) is 0. The molecule has 2 rings (SSSR count). The molecular weight excluding hydrogens is 162 g/mol. The maximum atomic E-state index is 5.81. The van der Waals surface area contributed by atoms with Gasteiger partial charge in [-0.15, -0.1) is 0 Å². The molecule has 1 aliphatic rings. The number of nitrogens with two attached hydrogens (primary N) is 1. The van der Waals surface area contributed by atoms with Crippen molar-refractivity contribution in [2.45, 2.75) is 26.0 Å². The Morgan fingerprint density at radius 3 is 3.00 bits per heavy atom. The van der Waals surface area contributed by atoms with Crippen molar-refractivity contribution in [3.63, 3.8) is 0 Å². The zero-order valence-electron chi connectivity index (χ0n) is 7.92. The fourth-order valence-corrected chi connectivity index (χ4v) is 1.67. The van der Waals surface area contributed by atoms with E-state index in [0.717, 1.165) is 19.6 Å². The number of benzene rings is 1. The Bertz CT molecular complexity index is 307. The molecule has 2 N–H and O–H groups in total. The van der Waals surface area contributed by atoms with Crippen molar-refractivity contribution in [2.75, 3.05) is 6.61 Å². The van der Waals surface area contributed by atoms with Crippen LogP contribution in [0.15, 0.2) is 18.2 Å². The monoisotopic (exact) mass is 177 g/mol. The van der Waals surface area contributed by atoms with Gasteiger partial charge < -0.3 is 10.5 Å². The van der Waals surface area contributed by atoms with Crippen molar-refractivity contribution < 1.29 is 4.74 Å². The van der Waals surface area contributed by atoms with Gasteiger partial charge in [-0.3, -0.25) is 0 Å². The van der Waals surface area contributed by atoms with Gasteiger partial charge in [-0.1, -0.05) is 18.2 Å². The van der Waals surface area contributed by atoms with Crippen LogP contribution in [0.2, 0.25) is 0 Å². The molecule has 2 heteroatoms. The molecular formula is C11H15NO. The van der Waals surface area contributed by atoms with Crippen molar-refractivity contribution in [2.24, 2.45) is 5.73 Å². The number of ether oxygens (including phenoxy) is 1. The first-order valence-corrected chi connectivity index (χ1v) is 4.72. The van der Waals surface area contributed by atoms with Gasteiger partial charge >= 0.3 is 0 Å². The van der Waals surface area contributed by atoms with Crippen LogP contribution >= 0.6 is 0 Å². The lowest BCUT2D eigenvalue weighted by Crippen LogP contribution is -2.12. The van der Waals surface area contributed by atoms with Gasteiger partial charge in [0, 0.05) is 6.04 Å². The van der Waals surface area contributed by atoms with Gasteiger partial charge in [0.05, 0.1) is 13.2 Å². The van der Waals surface area contributed by atoms with Crippen LogP contribution < -0.4 is 5.73 Å². The molecule has 0 saturated heterocycles. The smallest absolute Gasteiger partial charge is 0.0719 e. The van der Waals surface area contributed by atoms with E-state index in [-0.39, 0.29) is 6.04 Å². The predicted molar refractivity (Wildman–Crippen MR) is 52.4 cm³/mol. The zero-order chi connectivity index (χ0) is 9.26. The van der Waals surface area contributed by atoms with Crippen LogP contribution in [0, 0.1) is 0 Å². The van der Waals surface area contributed by atoms with Crippen molar-refractivity contribution in [3.05, 3.63) is 34.9 Å². The Balaban J connectivity index is 2.35. The van der Waals surface area contributed by atoms with Crippen LogP contribution in [-0.4, -0.2) is 6.61 Å². The molecule has 0 aliphatic carbocycles. The lowest BCUT2D eigenvalue weighted by molar-refractivity contribution is 0.110. The fraction of sp³-hybridized carbons (Fsp3) is 0.455. The molecule has 1 unspecified atom stereocenters. The summed E-state index contributed by atoms with van der Waals surface area (Å²) >= 11 is 0. The van der Waals surface area contributed by atoms with Crippen molar-refractivity contribution in [3.8, 4) is 0 Å². The lowest BCUT2D eigenvalue weighted by Gasteiger charge is -2.18. The number of hydrogen-bond donors (Lipinski definition) is 1. The maximum absolute atomic E-state index is 5.81. The van der Waals surface area contributed by atoms with Crippen LogP contribution in [0.1, 0.15) is 29.7 Å². The molecule has 1 heterocycles. The second kappa shape index (κ2) is 3.48. The second-order valence-corrected chi connectivity index (χ2v) is 3.62. The van der Waals surface area contributed by atoms with E-state index in [9.17, 15) is 0 Å². The first-order chi connectivity index (χ1) is 6.27. The number of rotatable bonds is 1. The summed E-state index contributed by atoms with van der Waals surface area (Å²) in [6, 6.07) is 6.58. The molecule has 0 fully saturated rings. The minimum absolute atomic E-state index is 0.118. The van der Waals surface area contributed by atoms with E-state index in [1.807, 2.05) is 6.92 Å². The first kappa shape index (κ1) is 8.73. The Kier molecular flexibility index (Phi) is 2.34. The van der Waals surface area contributed by atoms with E-state index in [1.165, 1.54) is 16.7 Å². The standard InChI is InChI=1S/C11H15NO/c1-8(12)10-3-2-9-4-5-13-7-11(9)6-10/h2-3,6,8H,4-5,7,12H2,1H3. The molecule has 13 heavy (non-hydrogen) atoms. The van der Waals surface area contributed by atoms with E-state index in [0.29, 0.717) is 0 Å². The maximum Gasteiger partial charge on any atom is 0.0719 e. The summed E-state index contributed by atoms with van der Waals surface area (Å²) in [4.78, 5) is 0. The van der Waals surface area contributed by atoms with Gasteiger partial charge in [-0.25, -0.2) is 0 Å². The average Bonchev–Trinajstić information content (AvgIpc) is 2.17. The van der Waals surface area contributed by atoms with Crippen molar-refractivity contribution >= 4 is 0 Å². The third kappa shape index (κ3) is 1.74. The molecule has 1 aromatic rings. The predicted octanol–water partition coefficient (Wildman–Crippen LogP) is 1.78. The van der Waals surface area contributed by atoms with Crippen LogP contribution in [0.5, 0.6) is 0 Å². The summed E-state index contributed by atoms with van der Waals surface area (Å²) in [7, 11) is 0. The molecule has 1 aliphatic heterocycles. The Morgan fingerprint density at radius 1 is 1.38 bits per heavy atom. The molecule has 0 spiro atoms. The van der Waals surface area contributed by atoms with Crippen LogP contribution in [0.4, 0.5) is 0 Å². The summed E-state index contributed by atoms with van der Waals surface area (Å²) in [6.07, 6.45) is 1.04. The SMILES string of the molecule is CC(N)c1ccc2c(c1)COCC2. The fourth-order valence-electron chi connectivity index (χ4n) is 1.67. The molecule has 2 nitrogen and oxygen atoms in total. The molecule has 0 radical (unpaired) electrons. The van der Waals surface area contributed by atoms with Gasteiger partial charge in [0.25, 0.3) is 0 Å². The van der Waals surface area contributed by atoms with Gasteiger partial charge in [-0.05, 0) is 30.0 Å². The van der Waals surface area contributed by atoms with E-state index in [2.05, 4.69) is 18.2 Å². The Morgan fingerprint density at radius 2 is 2.23 bits per heavy atom. The molecule has 0 saturated carbocycles. The van der Waals surface area contributed by atoms with Crippen molar-refractivity contribution in [1.82, 2.24) is 0 Å². The normalized spacial score (nSPS) is 18.0. The summed E-state index contributed by atoms with van der Waals surface area (Å²) < 4.78 is 5.39. The van der Waals surface area contributed by atoms with Gasteiger partial charge in [0.15, 0.2) is 0 Å². The van der Waals surface area contributed by atoms with E-state index < -0.39 is 0 Å². The topological polar surface area (TPSA) is 35.2 Å². The van der Waals surface area contributed by atoms with E-state index >= 15 is 0 Å². The zero-order valence-corrected chi connectivity index (χ0v) is 7.92. The molecule has 1 aromatic carbocycles. The van der Waals surface area contributed by atoms with Crippen LogP contribution in [-0.2, 0) is 17.8 Å². The molecule has 0 amide bonds. The lowest BCUT2D eigenvalue weighted by atomic mass is 9.98. The highest BCUT2D eigenvalue weighted by Crippen LogP contribution is 2.20. The molecule has 0 aromatic heterocycles. The minimum Gasteiger partial charge on any atom is -0.376 e. The number of hydrogen-bond acceptors (Lipinski definition) is 2. The Hall–Kier alpha value is -0.860. The highest BCUT2D eigenvalue weighted by molar-refractivity contribution is 5.34. The van der Waals surface area contributed by atoms with Crippen LogP contribution in [0.25, 0.3) is 0 Å². The average molecular weight is 177 g/mol. The van der Waals surface area contributed by atoms with Crippen molar-refractivity contribution in [1.29, 1.82) is 0 Å². The van der Waals surface area contributed by atoms with E-state index in [4.69, 9.17) is 10.5 Å². The minimum atomic E-state index is 0.118. The highest BCUT2D eigenvalue weighted by atomic mass is 16.5. The van der Waals surface area contributed by atoms with Gasteiger partial charge in [0.1, 0.15) is 0 Å². The van der Waals surface area contributed by atoms with Crippen LogP contribution in [0.3, 0.4) is 0 Å². The highest BCUT2D eigenvalue weighted by Gasteiger charge is 2.10. The summed E-state index contributed by atoms with van der Waals surface area (Å²) in [5, 5.41) is 0. The second-order valence-electron chi connectivity index (χ2n) is 3.62. The molecule has 1 atom stereocenters.